The molecule has 0 aliphatic carbocycles. The Labute approximate surface area is 230 Å². The molecule has 1 aromatic heterocycles. The van der Waals surface area contributed by atoms with Crippen LogP contribution >= 0.6 is 11.3 Å². The van der Waals surface area contributed by atoms with E-state index in [1.54, 1.807) is 36.6 Å². The van der Waals surface area contributed by atoms with Crippen molar-refractivity contribution in [3.8, 4) is 29.6 Å². The van der Waals surface area contributed by atoms with Crippen molar-refractivity contribution >= 4 is 23.4 Å². The number of benzene rings is 2. The van der Waals surface area contributed by atoms with Crippen LogP contribution in [0.1, 0.15) is 44.9 Å². The number of aromatic nitrogens is 1. The molecule has 0 unspecified atom stereocenters. The number of allylic oxidation sites excluding steroid dienone is 1. The van der Waals surface area contributed by atoms with E-state index in [1.807, 2.05) is 44.2 Å². The predicted molar refractivity (Wildman–Crippen MR) is 150 cm³/mol. The van der Waals surface area contributed by atoms with Crippen molar-refractivity contribution < 1.29 is 23.7 Å². The number of ether oxygens (including phenoxy) is 4. The maximum absolute atomic E-state index is 13.9. The highest BCUT2D eigenvalue weighted by atomic mass is 32.1. The van der Waals surface area contributed by atoms with E-state index in [9.17, 15) is 9.59 Å². The van der Waals surface area contributed by atoms with Crippen LogP contribution in [0.5, 0.6) is 17.2 Å². The number of carbonyl (C=O) groups excluding carboxylic acids is 1. The number of nitrogens with zero attached hydrogens (tertiary/aromatic N) is 2. The molecule has 202 valence electrons. The Morgan fingerprint density at radius 3 is 2.67 bits per heavy atom. The fraction of sp³-hybridized carbons (Fsp3) is 0.300. The van der Waals surface area contributed by atoms with Gasteiger partial charge in [0.05, 0.1) is 35.6 Å². The van der Waals surface area contributed by atoms with Crippen LogP contribution in [-0.2, 0) is 9.53 Å². The van der Waals surface area contributed by atoms with E-state index in [0.29, 0.717) is 43.4 Å². The number of terminal acetylenes is 1. The third kappa shape index (κ3) is 5.76. The Kier molecular flexibility index (Phi) is 8.57. The number of hydrogen-bond donors (Lipinski definition) is 0. The zero-order chi connectivity index (χ0) is 28.1. The summed E-state index contributed by atoms with van der Waals surface area (Å²) < 4.78 is 24.4. The van der Waals surface area contributed by atoms with Gasteiger partial charge in [-0.05, 0) is 57.5 Å². The van der Waals surface area contributed by atoms with E-state index >= 15 is 0 Å². The van der Waals surface area contributed by atoms with Crippen LogP contribution in [0.3, 0.4) is 0 Å². The van der Waals surface area contributed by atoms with Crippen molar-refractivity contribution in [2.45, 2.75) is 39.8 Å². The average Bonchev–Trinajstić information content (AvgIpc) is 3.21. The molecule has 1 atom stereocenters. The second-order valence-corrected chi connectivity index (χ2v) is 9.92. The van der Waals surface area contributed by atoms with Gasteiger partial charge in [-0.25, -0.2) is 9.79 Å². The molecule has 0 bridgehead atoms. The molecular formula is C30H30N2O6S. The molecule has 3 aromatic rings. The molecule has 9 heteroatoms. The summed E-state index contributed by atoms with van der Waals surface area (Å²) in [5, 5.41) is 0. The van der Waals surface area contributed by atoms with Crippen LogP contribution in [0.15, 0.2) is 63.5 Å². The first kappa shape index (κ1) is 27.7. The van der Waals surface area contributed by atoms with Crippen molar-refractivity contribution in [1.82, 2.24) is 4.57 Å². The highest BCUT2D eigenvalue weighted by Gasteiger charge is 2.35. The van der Waals surface area contributed by atoms with Gasteiger partial charge in [0, 0.05) is 5.56 Å². The van der Waals surface area contributed by atoms with Crippen molar-refractivity contribution in [3.05, 3.63) is 84.5 Å². The molecule has 1 aliphatic rings. The highest BCUT2D eigenvalue weighted by molar-refractivity contribution is 7.07. The van der Waals surface area contributed by atoms with Gasteiger partial charge >= 0.3 is 5.97 Å². The molecule has 0 saturated heterocycles. The second kappa shape index (κ2) is 12.0. The van der Waals surface area contributed by atoms with E-state index in [0.717, 1.165) is 5.56 Å². The van der Waals surface area contributed by atoms with Gasteiger partial charge < -0.3 is 18.9 Å². The summed E-state index contributed by atoms with van der Waals surface area (Å²) in [4.78, 5) is 32.2. The van der Waals surface area contributed by atoms with E-state index in [1.165, 1.54) is 18.4 Å². The van der Waals surface area contributed by atoms with Crippen LogP contribution in [0.2, 0.25) is 0 Å². The lowest BCUT2D eigenvalue weighted by molar-refractivity contribution is -0.139. The van der Waals surface area contributed by atoms with Gasteiger partial charge in [-0.2, -0.15) is 0 Å². The lowest BCUT2D eigenvalue weighted by atomic mass is 9.95. The van der Waals surface area contributed by atoms with Crippen molar-refractivity contribution in [3.63, 3.8) is 0 Å². The summed E-state index contributed by atoms with van der Waals surface area (Å²) in [5.74, 6) is 3.48. The van der Waals surface area contributed by atoms with E-state index in [2.05, 4.69) is 10.9 Å². The summed E-state index contributed by atoms with van der Waals surface area (Å²) in [6, 6.07) is 11.9. The Balaban J connectivity index is 1.91. The molecule has 0 spiro atoms. The Bertz CT molecular complexity index is 1640. The molecule has 0 saturated carbocycles. The fourth-order valence-corrected chi connectivity index (χ4v) is 5.36. The number of fused-ring (bicyclic) bond motifs is 1. The maximum atomic E-state index is 13.9. The van der Waals surface area contributed by atoms with E-state index in [-0.39, 0.29) is 24.9 Å². The molecule has 1 aliphatic heterocycles. The zero-order valence-corrected chi connectivity index (χ0v) is 23.3. The second-order valence-electron chi connectivity index (χ2n) is 8.91. The molecule has 0 fully saturated rings. The lowest BCUT2D eigenvalue weighted by Crippen LogP contribution is -2.40. The van der Waals surface area contributed by atoms with E-state index < -0.39 is 12.0 Å². The van der Waals surface area contributed by atoms with Gasteiger partial charge in [0.25, 0.3) is 5.56 Å². The van der Waals surface area contributed by atoms with Crippen LogP contribution in [0.25, 0.3) is 6.08 Å². The number of thiazole rings is 1. The number of hydrogen-bond acceptors (Lipinski definition) is 8. The number of rotatable bonds is 9. The minimum absolute atomic E-state index is 0.110. The lowest BCUT2D eigenvalue weighted by Gasteiger charge is -2.26. The SMILES string of the molecule is C#CCOc1ccc(/C=c2/sc3n(c2=O)[C@H](c2ccccc2OC(C)C)C(C(=O)OCC)=C(C)N=3)cc1OC. The highest BCUT2D eigenvalue weighted by Crippen LogP contribution is 2.36. The van der Waals surface area contributed by atoms with Gasteiger partial charge in [0.2, 0.25) is 0 Å². The first-order valence-corrected chi connectivity index (χ1v) is 13.3. The Morgan fingerprint density at radius 2 is 1.97 bits per heavy atom. The molecule has 0 N–H and O–H groups in total. The van der Waals surface area contributed by atoms with Crippen molar-refractivity contribution in [2.24, 2.45) is 4.99 Å². The fourth-order valence-electron chi connectivity index (χ4n) is 4.32. The van der Waals surface area contributed by atoms with Gasteiger partial charge in [-0.1, -0.05) is 41.5 Å². The number of carbonyl (C=O) groups is 1. The number of para-hydroxylation sites is 1. The Hall–Kier alpha value is -4.29. The van der Waals surface area contributed by atoms with Crippen LogP contribution in [0, 0.1) is 12.3 Å². The maximum Gasteiger partial charge on any atom is 0.338 e. The van der Waals surface area contributed by atoms with Gasteiger partial charge in [-0.3, -0.25) is 9.36 Å². The third-order valence-corrected chi connectivity index (χ3v) is 6.87. The smallest absolute Gasteiger partial charge is 0.338 e. The Morgan fingerprint density at radius 1 is 1.21 bits per heavy atom. The van der Waals surface area contributed by atoms with Gasteiger partial charge in [-0.15, -0.1) is 6.42 Å². The largest absolute Gasteiger partial charge is 0.493 e. The summed E-state index contributed by atoms with van der Waals surface area (Å²) in [7, 11) is 1.53. The van der Waals surface area contributed by atoms with Crippen molar-refractivity contribution in [1.29, 1.82) is 0 Å². The summed E-state index contributed by atoms with van der Waals surface area (Å²) in [6.45, 7) is 7.64. The van der Waals surface area contributed by atoms with Crippen LogP contribution in [0.4, 0.5) is 0 Å². The molecular weight excluding hydrogens is 516 g/mol. The predicted octanol–water partition coefficient (Wildman–Crippen LogP) is 3.61. The first-order valence-electron chi connectivity index (χ1n) is 12.5. The quantitative estimate of drug-likeness (QED) is 0.301. The molecule has 2 heterocycles. The number of esters is 1. The van der Waals surface area contributed by atoms with Crippen molar-refractivity contribution in [2.75, 3.05) is 20.3 Å². The minimum atomic E-state index is -0.772. The average molecular weight is 547 g/mol. The number of methoxy groups -OCH3 is 1. The first-order chi connectivity index (χ1) is 18.8. The van der Waals surface area contributed by atoms with Gasteiger partial charge in [0.1, 0.15) is 18.4 Å². The summed E-state index contributed by atoms with van der Waals surface area (Å²) in [5.41, 5.74) is 1.90. The third-order valence-electron chi connectivity index (χ3n) is 5.89. The summed E-state index contributed by atoms with van der Waals surface area (Å²) in [6.07, 6.45) is 6.95. The zero-order valence-electron chi connectivity index (χ0n) is 22.5. The molecule has 8 nitrogen and oxygen atoms in total. The minimum Gasteiger partial charge on any atom is -0.493 e. The monoisotopic (exact) mass is 546 g/mol. The standard InChI is InChI=1S/C30H30N2O6S/c1-7-15-37-23-14-13-20(16-24(23)35-6)17-25-28(33)32-27(21-11-9-10-12-22(21)38-18(3)4)26(29(34)36-8-2)19(5)31-30(32)39-25/h1,9-14,16-18,27H,8,15H2,2-6H3/b25-17+/t27-/m1/s1. The van der Waals surface area contributed by atoms with Crippen LogP contribution < -0.4 is 29.1 Å². The molecule has 2 aromatic carbocycles. The van der Waals surface area contributed by atoms with Gasteiger partial charge in [0.15, 0.2) is 16.3 Å². The normalized spacial score (nSPS) is 14.9. The molecule has 4 rings (SSSR count). The molecule has 0 amide bonds. The van der Waals surface area contributed by atoms with Crippen LogP contribution in [-0.4, -0.2) is 37.0 Å². The molecule has 39 heavy (non-hydrogen) atoms. The summed E-state index contributed by atoms with van der Waals surface area (Å²) >= 11 is 1.24. The molecule has 0 radical (unpaired) electrons. The van der Waals surface area contributed by atoms with E-state index in [4.69, 9.17) is 25.4 Å². The topological polar surface area (TPSA) is 88.4 Å².